The second-order valence-electron chi connectivity index (χ2n) is 1.05. The Hall–Kier alpha value is 0.870. The van der Waals surface area contributed by atoms with Crippen LogP contribution in [-0.2, 0) is 10.1 Å². The molecule has 2 N–H and O–H groups in total. The van der Waals surface area contributed by atoms with Gasteiger partial charge in [0, 0.05) is 6.54 Å². The molecule has 0 rings (SSSR count). The molecule has 0 aromatic heterocycles. The van der Waals surface area contributed by atoms with Gasteiger partial charge in [0.25, 0.3) is 0 Å². The first kappa shape index (κ1) is 11.6. The Labute approximate surface area is 70.5 Å². The van der Waals surface area contributed by atoms with E-state index in [4.69, 9.17) is 5.73 Å². The standard InChI is InChI=1S/C2H7NO3S.Na/c3-1-2-7(4,5)6;/h1-3H2,(H,4,5,6);/q;+1/p-1. The zero-order chi connectivity index (χ0) is 5.91. The zero-order valence-electron chi connectivity index (χ0n) is 4.62. The van der Waals surface area contributed by atoms with Gasteiger partial charge in [-0.05, 0) is 0 Å². The Morgan fingerprint density at radius 2 is 1.88 bits per heavy atom. The molecule has 0 saturated carbocycles. The van der Waals surface area contributed by atoms with E-state index in [9.17, 15) is 13.0 Å². The second-order valence-corrected chi connectivity index (χ2v) is 2.57. The third kappa shape index (κ3) is 9.98. The number of rotatable bonds is 2. The number of hydrogen-bond acceptors (Lipinski definition) is 4. The van der Waals surface area contributed by atoms with E-state index in [1.54, 1.807) is 0 Å². The van der Waals surface area contributed by atoms with Crippen molar-refractivity contribution >= 4 is 10.1 Å². The smallest absolute Gasteiger partial charge is 0.748 e. The van der Waals surface area contributed by atoms with Crippen LogP contribution in [0.4, 0.5) is 0 Å². The molecular weight excluding hydrogens is 141 g/mol. The molecule has 0 aliphatic rings. The van der Waals surface area contributed by atoms with E-state index in [0.717, 1.165) is 0 Å². The molecule has 0 unspecified atom stereocenters. The fourth-order valence-electron chi connectivity index (χ4n) is 0.144. The minimum absolute atomic E-state index is 0. The maximum atomic E-state index is 9.60. The van der Waals surface area contributed by atoms with Crippen molar-refractivity contribution in [2.75, 3.05) is 12.3 Å². The van der Waals surface area contributed by atoms with Gasteiger partial charge in [-0.15, -0.1) is 0 Å². The van der Waals surface area contributed by atoms with E-state index < -0.39 is 15.9 Å². The van der Waals surface area contributed by atoms with Crippen molar-refractivity contribution in [3.8, 4) is 0 Å². The Kier molecular flexibility index (Phi) is 6.87. The van der Waals surface area contributed by atoms with Crippen LogP contribution in [0.15, 0.2) is 0 Å². The maximum absolute atomic E-state index is 9.60. The van der Waals surface area contributed by atoms with Gasteiger partial charge in [-0.3, -0.25) is 0 Å². The average Bonchev–Trinajstić information content (AvgIpc) is 1.30. The van der Waals surface area contributed by atoms with Crippen LogP contribution in [0.1, 0.15) is 0 Å². The van der Waals surface area contributed by atoms with E-state index in [2.05, 4.69) is 0 Å². The van der Waals surface area contributed by atoms with Crippen LogP contribution >= 0.6 is 0 Å². The van der Waals surface area contributed by atoms with Gasteiger partial charge in [-0.25, -0.2) is 8.42 Å². The maximum Gasteiger partial charge on any atom is 1.00 e. The van der Waals surface area contributed by atoms with Crippen LogP contribution in [0.25, 0.3) is 0 Å². The molecule has 44 valence electrons. The molecule has 0 aromatic rings. The van der Waals surface area contributed by atoms with Crippen molar-refractivity contribution in [2.24, 2.45) is 5.73 Å². The van der Waals surface area contributed by atoms with Crippen molar-refractivity contribution in [1.29, 1.82) is 0 Å². The van der Waals surface area contributed by atoms with Gasteiger partial charge in [-0.1, -0.05) is 0 Å². The Morgan fingerprint density at radius 3 is 1.88 bits per heavy atom. The van der Waals surface area contributed by atoms with Crippen molar-refractivity contribution in [1.82, 2.24) is 0 Å². The summed E-state index contributed by atoms with van der Waals surface area (Å²) < 4.78 is 28.8. The molecule has 0 atom stereocenters. The number of hydrogen-bond donors (Lipinski definition) is 1. The van der Waals surface area contributed by atoms with Crippen LogP contribution < -0.4 is 35.3 Å². The van der Waals surface area contributed by atoms with Gasteiger partial charge >= 0.3 is 29.6 Å². The predicted octanol–water partition coefficient (Wildman–Crippen LogP) is -4.51. The molecule has 0 spiro atoms. The third-order valence-electron chi connectivity index (χ3n) is 0.368. The summed E-state index contributed by atoms with van der Waals surface area (Å²) >= 11 is 0. The molecule has 4 nitrogen and oxygen atoms in total. The van der Waals surface area contributed by atoms with Crippen LogP contribution in [0.2, 0.25) is 0 Å². The van der Waals surface area contributed by atoms with Crippen molar-refractivity contribution < 1.29 is 42.5 Å². The average molecular weight is 147 g/mol. The summed E-state index contributed by atoms with van der Waals surface area (Å²) in [7, 11) is -4.05. The third-order valence-corrected chi connectivity index (χ3v) is 1.10. The molecule has 0 amide bonds. The Bertz CT molecular complexity index is 130. The fraction of sp³-hybridized carbons (Fsp3) is 1.00. The van der Waals surface area contributed by atoms with E-state index in [-0.39, 0.29) is 36.1 Å². The van der Waals surface area contributed by atoms with Gasteiger partial charge in [-0.2, -0.15) is 0 Å². The first-order valence-corrected chi connectivity index (χ1v) is 3.27. The first-order chi connectivity index (χ1) is 3.06. The normalized spacial score (nSPS) is 10.2. The molecule has 0 fully saturated rings. The van der Waals surface area contributed by atoms with Gasteiger partial charge in [0.05, 0.1) is 15.9 Å². The topological polar surface area (TPSA) is 83.2 Å². The Morgan fingerprint density at radius 1 is 1.50 bits per heavy atom. The molecule has 6 heteroatoms. The molecule has 0 aliphatic heterocycles. The molecule has 0 aromatic carbocycles. The van der Waals surface area contributed by atoms with Gasteiger partial charge < -0.3 is 10.3 Å². The van der Waals surface area contributed by atoms with Crippen molar-refractivity contribution in [2.45, 2.75) is 0 Å². The minimum Gasteiger partial charge on any atom is -0.748 e. The van der Waals surface area contributed by atoms with Gasteiger partial charge in [0.2, 0.25) is 0 Å². The van der Waals surface area contributed by atoms with Gasteiger partial charge in [0.1, 0.15) is 0 Å². The van der Waals surface area contributed by atoms with E-state index in [0.29, 0.717) is 0 Å². The summed E-state index contributed by atoms with van der Waals surface area (Å²) in [5.41, 5.74) is 4.74. The van der Waals surface area contributed by atoms with Crippen molar-refractivity contribution in [3.05, 3.63) is 0 Å². The minimum atomic E-state index is -4.05. The summed E-state index contributed by atoms with van der Waals surface area (Å²) in [4.78, 5) is 0. The van der Waals surface area contributed by atoms with E-state index in [1.165, 1.54) is 0 Å². The molecule has 0 bridgehead atoms. The number of nitrogens with two attached hydrogens (primary N) is 1. The molecule has 0 aliphatic carbocycles. The summed E-state index contributed by atoms with van der Waals surface area (Å²) in [6, 6.07) is 0. The zero-order valence-corrected chi connectivity index (χ0v) is 7.44. The van der Waals surface area contributed by atoms with Crippen molar-refractivity contribution in [3.63, 3.8) is 0 Å². The molecule has 0 saturated heterocycles. The first-order valence-electron chi connectivity index (χ1n) is 1.70. The van der Waals surface area contributed by atoms with Crippen LogP contribution in [0, 0.1) is 0 Å². The molecule has 0 radical (unpaired) electrons. The quantitative estimate of drug-likeness (QED) is 0.315. The second kappa shape index (κ2) is 4.72. The summed E-state index contributed by atoms with van der Waals surface area (Å²) in [5.74, 6) is -0.465. The van der Waals surface area contributed by atoms with Crippen LogP contribution in [0.5, 0.6) is 0 Å². The summed E-state index contributed by atoms with van der Waals surface area (Å²) in [6.07, 6.45) is 0. The van der Waals surface area contributed by atoms with Crippen LogP contribution in [0.3, 0.4) is 0 Å². The summed E-state index contributed by atoms with van der Waals surface area (Å²) in [5, 5.41) is 0. The van der Waals surface area contributed by atoms with Gasteiger partial charge in [0.15, 0.2) is 0 Å². The van der Waals surface area contributed by atoms with E-state index in [1.807, 2.05) is 0 Å². The molecular formula is C2H6NNaO3S. The predicted molar refractivity (Wildman–Crippen MR) is 23.6 cm³/mol. The summed E-state index contributed by atoms with van der Waals surface area (Å²) in [6.45, 7) is -0.0914. The van der Waals surface area contributed by atoms with E-state index >= 15 is 0 Å². The Balaban J connectivity index is 0. The largest absolute Gasteiger partial charge is 1.00 e. The van der Waals surface area contributed by atoms with Crippen LogP contribution in [-0.4, -0.2) is 25.3 Å². The molecule has 8 heavy (non-hydrogen) atoms. The fourth-order valence-corrected chi connectivity index (χ4v) is 0.433. The molecule has 0 heterocycles. The SMILES string of the molecule is NCCS(=O)(=O)[O-].[Na+]. The monoisotopic (exact) mass is 147 g/mol.